The van der Waals surface area contributed by atoms with E-state index in [1.54, 1.807) is 0 Å². The van der Waals surface area contributed by atoms with Crippen LogP contribution >= 0.6 is 15.9 Å². The van der Waals surface area contributed by atoms with E-state index in [0.29, 0.717) is 12.1 Å². The van der Waals surface area contributed by atoms with Gasteiger partial charge in [0.1, 0.15) is 5.82 Å². The van der Waals surface area contributed by atoms with Gasteiger partial charge in [-0.2, -0.15) is 0 Å². The molecular weight excluding hydrogens is 333 g/mol. The Morgan fingerprint density at radius 3 is 2.90 bits per heavy atom. The summed E-state index contributed by atoms with van der Waals surface area (Å²) in [5.74, 6) is -1.22. The second-order valence-electron chi connectivity index (χ2n) is 4.26. The largest absolute Gasteiger partial charge is 0.467 e. The van der Waals surface area contributed by atoms with E-state index in [-0.39, 0.29) is 23.5 Å². The first-order chi connectivity index (χ1) is 9.52. The molecule has 0 saturated carbocycles. The Balaban J connectivity index is 2.12. The van der Waals surface area contributed by atoms with Crippen molar-refractivity contribution in [3.63, 3.8) is 0 Å². The minimum atomic E-state index is -0.776. The molecule has 20 heavy (non-hydrogen) atoms. The third kappa shape index (κ3) is 3.16. The molecular formula is C13H13BrFNO4. The van der Waals surface area contributed by atoms with Gasteiger partial charge in [-0.3, -0.25) is 4.79 Å². The normalized spacial score (nSPS) is 18.8. The number of amides is 1. The molecule has 1 unspecified atom stereocenters. The fraction of sp³-hybridized carbons (Fsp3) is 0.385. The maximum Gasteiger partial charge on any atom is 0.336 e. The molecule has 1 saturated heterocycles. The van der Waals surface area contributed by atoms with Crippen molar-refractivity contribution in [2.45, 2.75) is 6.10 Å². The van der Waals surface area contributed by atoms with Crippen LogP contribution in [0.25, 0.3) is 0 Å². The lowest BCUT2D eigenvalue weighted by atomic mass is 10.1. The van der Waals surface area contributed by atoms with Crippen LogP contribution in [0.3, 0.4) is 0 Å². The average Bonchev–Trinajstić information content (AvgIpc) is 2.48. The highest BCUT2D eigenvalue weighted by Crippen LogP contribution is 2.19. The molecule has 0 aliphatic carbocycles. The van der Waals surface area contributed by atoms with Gasteiger partial charge in [-0.25, -0.2) is 9.18 Å². The molecule has 1 aromatic rings. The summed E-state index contributed by atoms with van der Waals surface area (Å²) in [6.07, 6.45) is -0.776. The van der Waals surface area contributed by atoms with Gasteiger partial charge < -0.3 is 14.4 Å². The summed E-state index contributed by atoms with van der Waals surface area (Å²) in [4.78, 5) is 25.2. The second kappa shape index (κ2) is 6.32. The van der Waals surface area contributed by atoms with E-state index in [0.717, 1.165) is 0 Å². The first-order valence-electron chi connectivity index (χ1n) is 5.96. The lowest BCUT2D eigenvalue weighted by Crippen LogP contribution is -2.48. The molecule has 0 spiro atoms. The molecule has 2 rings (SSSR count). The summed E-state index contributed by atoms with van der Waals surface area (Å²) >= 11 is 3.04. The molecule has 1 amide bonds. The van der Waals surface area contributed by atoms with Crippen molar-refractivity contribution in [3.8, 4) is 0 Å². The van der Waals surface area contributed by atoms with E-state index in [1.807, 2.05) is 0 Å². The Hall–Kier alpha value is -1.47. The summed E-state index contributed by atoms with van der Waals surface area (Å²) < 4.78 is 23.2. The van der Waals surface area contributed by atoms with E-state index in [4.69, 9.17) is 4.74 Å². The lowest BCUT2D eigenvalue weighted by Gasteiger charge is -2.31. The maximum atomic E-state index is 13.2. The number of methoxy groups -OCH3 is 1. The quantitative estimate of drug-likeness (QED) is 0.764. The number of morpholine rings is 1. The number of nitrogens with zero attached hydrogens (tertiary/aromatic N) is 1. The zero-order valence-electron chi connectivity index (χ0n) is 10.8. The van der Waals surface area contributed by atoms with Crippen LogP contribution in [0.15, 0.2) is 22.7 Å². The standard InChI is InChI=1S/C13H13BrFNO4/c1-19-13(18)11-7-16(4-5-20-11)12(17)8-2-3-10(15)9(14)6-8/h2-3,6,11H,4-5,7H2,1H3. The molecule has 7 heteroatoms. The van der Waals surface area contributed by atoms with E-state index in [1.165, 1.54) is 30.2 Å². The molecule has 1 aliphatic rings. The van der Waals surface area contributed by atoms with Crippen molar-refractivity contribution >= 4 is 27.8 Å². The van der Waals surface area contributed by atoms with Crippen LogP contribution in [-0.2, 0) is 14.3 Å². The van der Waals surface area contributed by atoms with Crippen LogP contribution in [0, 0.1) is 5.82 Å². The number of hydrogen-bond donors (Lipinski definition) is 0. The first-order valence-corrected chi connectivity index (χ1v) is 6.76. The number of carbonyl (C=O) groups is 2. The highest BCUT2D eigenvalue weighted by Gasteiger charge is 2.30. The minimum absolute atomic E-state index is 0.125. The van der Waals surface area contributed by atoms with Crippen LogP contribution in [0.4, 0.5) is 4.39 Å². The number of halogens is 2. The van der Waals surface area contributed by atoms with Crippen molar-refractivity contribution in [1.29, 1.82) is 0 Å². The molecule has 108 valence electrons. The van der Waals surface area contributed by atoms with Gasteiger partial charge in [-0.1, -0.05) is 0 Å². The van der Waals surface area contributed by atoms with Gasteiger partial charge in [0.2, 0.25) is 0 Å². The fourth-order valence-corrected chi connectivity index (χ4v) is 2.30. The zero-order chi connectivity index (χ0) is 14.7. The average molecular weight is 346 g/mol. The van der Waals surface area contributed by atoms with Gasteiger partial charge in [-0.05, 0) is 34.1 Å². The van der Waals surface area contributed by atoms with Crippen LogP contribution in [0.5, 0.6) is 0 Å². The van der Waals surface area contributed by atoms with E-state index in [9.17, 15) is 14.0 Å². The van der Waals surface area contributed by atoms with Gasteiger partial charge in [0, 0.05) is 12.1 Å². The predicted molar refractivity (Wildman–Crippen MR) is 71.8 cm³/mol. The smallest absolute Gasteiger partial charge is 0.336 e. The summed E-state index contributed by atoms with van der Waals surface area (Å²) in [5, 5.41) is 0. The lowest BCUT2D eigenvalue weighted by molar-refractivity contribution is -0.158. The third-order valence-corrected chi connectivity index (χ3v) is 3.59. The minimum Gasteiger partial charge on any atom is -0.467 e. The third-order valence-electron chi connectivity index (χ3n) is 2.98. The van der Waals surface area contributed by atoms with Crippen molar-refractivity contribution in [3.05, 3.63) is 34.1 Å². The molecule has 1 aliphatic heterocycles. The molecule has 0 bridgehead atoms. The van der Waals surface area contributed by atoms with Crippen LogP contribution in [0.2, 0.25) is 0 Å². The summed E-state index contributed by atoms with van der Waals surface area (Å²) in [6.45, 7) is 0.760. The Morgan fingerprint density at radius 1 is 1.50 bits per heavy atom. The molecule has 1 aromatic carbocycles. The molecule has 1 atom stereocenters. The highest BCUT2D eigenvalue weighted by atomic mass is 79.9. The molecule has 1 fully saturated rings. The second-order valence-corrected chi connectivity index (χ2v) is 5.12. The van der Waals surface area contributed by atoms with Gasteiger partial charge in [-0.15, -0.1) is 0 Å². The highest BCUT2D eigenvalue weighted by molar-refractivity contribution is 9.10. The van der Waals surface area contributed by atoms with Gasteiger partial charge in [0.05, 0.1) is 24.7 Å². The number of ether oxygens (including phenoxy) is 2. The Labute approximate surface area is 123 Å². The van der Waals surface area contributed by atoms with Crippen molar-refractivity contribution < 1.29 is 23.5 Å². The zero-order valence-corrected chi connectivity index (χ0v) is 12.4. The van der Waals surface area contributed by atoms with Crippen molar-refractivity contribution in [2.24, 2.45) is 0 Å². The van der Waals surface area contributed by atoms with Crippen molar-refractivity contribution in [2.75, 3.05) is 26.8 Å². The topological polar surface area (TPSA) is 55.8 Å². The number of hydrogen-bond acceptors (Lipinski definition) is 4. The molecule has 0 aromatic heterocycles. The number of rotatable bonds is 2. The molecule has 1 heterocycles. The SMILES string of the molecule is COC(=O)C1CN(C(=O)c2ccc(F)c(Br)c2)CCO1. The van der Waals surface area contributed by atoms with Gasteiger partial charge in [0.25, 0.3) is 5.91 Å². The summed E-state index contributed by atoms with van der Waals surface area (Å²) in [5.41, 5.74) is 0.351. The fourth-order valence-electron chi connectivity index (χ4n) is 1.92. The van der Waals surface area contributed by atoms with Crippen LogP contribution in [-0.4, -0.2) is 49.7 Å². The Morgan fingerprint density at radius 2 is 2.25 bits per heavy atom. The Kier molecular flexibility index (Phi) is 4.72. The molecule has 0 radical (unpaired) electrons. The summed E-state index contributed by atoms with van der Waals surface area (Å²) in [6, 6.07) is 4.04. The summed E-state index contributed by atoms with van der Waals surface area (Å²) in [7, 11) is 1.27. The monoisotopic (exact) mass is 345 g/mol. The van der Waals surface area contributed by atoms with E-state index < -0.39 is 17.9 Å². The number of benzene rings is 1. The van der Waals surface area contributed by atoms with Gasteiger partial charge in [0.15, 0.2) is 6.10 Å². The molecule has 0 N–H and O–H groups in total. The predicted octanol–water partition coefficient (Wildman–Crippen LogP) is 1.60. The Bertz CT molecular complexity index is 537. The van der Waals surface area contributed by atoms with Crippen LogP contribution in [0.1, 0.15) is 10.4 Å². The number of esters is 1. The maximum absolute atomic E-state index is 13.2. The molecule has 5 nitrogen and oxygen atoms in total. The van der Waals surface area contributed by atoms with Crippen molar-refractivity contribution in [1.82, 2.24) is 4.90 Å². The van der Waals surface area contributed by atoms with E-state index >= 15 is 0 Å². The number of carbonyl (C=O) groups excluding carboxylic acids is 2. The van der Waals surface area contributed by atoms with E-state index in [2.05, 4.69) is 20.7 Å². The van der Waals surface area contributed by atoms with Crippen LogP contribution < -0.4 is 0 Å². The van der Waals surface area contributed by atoms with Gasteiger partial charge >= 0.3 is 5.97 Å². The first kappa shape index (κ1) is 14.9.